The Morgan fingerprint density at radius 1 is 1.25 bits per heavy atom. The van der Waals surface area contributed by atoms with E-state index < -0.39 is 0 Å². The minimum atomic E-state index is -0.104. The van der Waals surface area contributed by atoms with Crippen LogP contribution in [0.4, 0.5) is 0 Å². The highest BCUT2D eigenvalue weighted by Crippen LogP contribution is 2.36. The van der Waals surface area contributed by atoms with Crippen LogP contribution >= 0.6 is 0 Å². The second kappa shape index (κ2) is 5.52. The van der Waals surface area contributed by atoms with Crippen molar-refractivity contribution in [3.8, 4) is 0 Å². The lowest BCUT2D eigenvalue weighted by Crippen LogP contribution is -2.54. The van der Waals surface area contributed by atoms with E-state index in [0.717, 1.165) is 32.6 Å². The summed E-state index contributed by atoms with van der Waals surface area (Å²) in [5, 5.41) is 7.39. The first-order chi connectivity index (χ1) is 9.69. The molecule has 0 radical (unpaired) electrons. The van der Waals surface area contributed by atoms with Gasteiger partial charge in [0.2, 0.25) is 5.91 Å². The van der Waals surface area contributed by atoms with Crippen LogP contribution in [0.2, 0.25) is 0 Å². The van der Waals surface area contributed by atoms with Gasteiger partial charge in [0.15, 0.2) is 0 Å². The van der Waals surface area contributed by atoms with Crippen molar-refractivity contribution in [2.24, 2.45) is 10.5 Å². The molecule has 3 rings (SSSR count). The third-order valence-electron chi connectivity index (χ3n) is 4.66. The van der Waals surface area contributed by atoms with E-state index in [0.29, 0.717) is 18.6 Å². The predicted octanol–water partition coefficient (Wildman–Crippen LogP) is 0.245. The van der Waals surface area contributed by atoms with Crippen LogP contribution in [0.15, 0.2) is 5.10 Å². The molecule has 0 aliphatic carbocycles. The van der Waals surface area contributed by atoms with Gasteiger partial charge in [-0.2, -0.15) is 5.10 Å². The van der Waals surface area contributed by atoms with Crippen molar-refractivity contribution in [3.05, 3.63) is 0 Å². The fourth-order valence-electron chi connectivity index (χ4n) is 3.57. The van der Waals surface area contributed by atoms with Crippen molar-refractivity contribution in [1.29, 1.82) is 0 Å². The van der Waals surface area contributed by atoms with Crippen molar-refractivity contribution in [1.82, 2.24) is 15.6 Å². The summed E-state index contributed by atoms with van der Waals surface area (Å²) in [5.41, 5.74) is 3.17. The summed E-state index contributed by atoms with van der Waals surface area (Å²) >= 11 is 0. The van der Waals surface area contributed by atoms with E-state index in [1.54, 1.807) is 0 Å². The highest BCUT2D eigenvalue weighted by atomic mass is 16.2. The van der Waals surface area contributed by atoms with E-state index >= 15 is 0 Å². The third kappa shape index (κ3) is 2.70. The van der Waals surface area contributed by atoms with Gasteiger partial charge in [0.1, 0.15) is 5.71 Å². The molecule has 1 spiro atoms. The number of piperidine rings is 2. The molecule has 1 unspecified atom stereocenters. The van der Waals surface area contributed by atoms with Gasteiger partial charge < -0.3 is 10.2 Å². The molecular formula is C14H22N4O2. The maximum atomic E-state index is 12.5. The van der Waals surface area contributed by atoms with Gasteiger partial charge in [0.25, 0.3) is 5.91 Å². The van der Waals surface area contributed by atoms with Crippen LogP contribution in [0.1, 0.15) is 38.5 Å². The predicted molar refractivity (Wildman–Crippen MR) is 75.2 cm³/mol. The monoisotopic (exact) mass is 278 g/mol. The van der Waals surface area contributed by atoms with Crippen LogP contribution in [-0.2, 0) is 9.59 Å². The van der Waals surface area contributed by atoms with Gasteiger partial charge in [-0.1, -0.05) is 0 Å². The lowest BCUT2D eigenvalue weighted by Gasteiger charge is -2.45. The van der Waals surface area contributed by atoms with Gasteiger partial charge >= 0.3 is 0 Å². The lowest BCUT2D eigenvalue weighted by atomic mass is 9.74. The molecule has 110 valence electrons. The Balaban J connectivity index is 1.67. The van der Waals surface area contributed by atoms with Crippen LogP contribution < -0.4 is 10.7 Å². The molecule has 0 aromatic carbocycles. The quantitative estimate of drug-likeness (QED) is 0.722. The number of amides is 2. The molecule has 20 heavy (non-hydrogen) atoms. The molecule has 2 amide bonds. The fourth-order valence-corrected chi connectivity index (χ4v) is 3.57. The summed E-state index contributed by atoms with van der Waals surface area (Å²) in [5.74, 6) is -0.0946. The van der Waals surface area contributed by atoms with Crippen LogP contribution in [0, 0.1) is 5.41 Å². The second-order valence-electron chi connectivity index (χ2n) is 6.20. The molecular weight excluding hydrogens is 256 g/mol. The average Bonchev–Trinajstić information content (AvgIpc) is 2.48. The summed E-state index contributed by atoms with van der Waals surface area (Å²) < 4.78 is 0. The van der Waals surface area contributed by atoms with Crippen LogP contribution in [-0.4, -0.2) is 48.6 Å². The van der Waals surface area contributed by atoms with Gasteiger partial charge in [0.05, 0.1) is 0 Å². The van der Waals surface area contributed by atoms with Gasteiger partial charge in [-0.25, -0.2) is 5.43 Å². The number of hydrazone groups is 1. The zero-order valence-electron chi connectivity index (χ0n) is 11.8. The van der Waals surface area contributed by atoms with Gasteiger partial charge in [-0.15, -0.1) is 0 Å². The molecule has 6 nitrogen and oxygen atoms in total. The SMILES string of the molecule is O=C1CCC(C(=O)N2CCCC3(CCCNC3)C2)=NN1. The van der Waals surface area contributed by atoms with Crippen LogP contribution in [0.25, 0.3) is 0 Å². The van der Waals surface area contributed by atoms with E-state index in [-0.39, 0.29) is 17.2 Å². The molecule has 3 aliphatic heterocycles. The first-order valence-corrected chi connectivity index (χ1v) is 7.54. The molecule has 0 bridgehead atoms. The average molecular weight is 278 g/mol. The number of hydrogen-bond acceptors (Lipinski definition) is 4. The van der Waals surface area contributed by atoms with Crippen LogP contribution in [0.3, 0.4) is 0 Å². The Labute approximate surface area is 119 Å². The van der Waals surface area contributed by atoms with E-state index in [2.05, 4.69) is 15.8 Å². The lowest BCUT2D eigenvalue weighted by molar-refractivity contribution is -0.128. The molecule has 0 saturated carbocycles. The van der Waals surface area contributed by atoms with Crippen molar-refractivity contribution in [2.75, 3.05) is 26.2 Å². The molecule has 2 saturated heterocycles. The van der Waals surface area contributed by atoms with Crippen molar-refractivity contribution in [2.45, 2.75) is 38.5 Å². The van der Waals surface area contributed by atoms with E-state index in [1.807, 2.05) is 4.90 Å². The Morgan fingerprint density at radius 3 is 2.80 bits per heavy atom. The summed E-state index contributed by atoms with van der Waals surface area (Å²) in [6, 6.07) is 0. The molecule has 6 heteroatoms. The number of carbonyl (C=O) groups excluding carboxylic acids is 2. The largest absolute Gasteiger partial charge is 0.337 e. The first kappa shape index (κ1) is 13.5. The first-order valence-electron chi connectivity index (χ1n) is 7.54. The summed E-state index contributed by atoms with van der Waals surface area (Å²) in [7, 11) is 0. The maximum Gasteiger partial charge on any atom is 0.270 e. The van der Waals surface area contributed by atoms with Crippen molar-refractivity contribution in [3.63, 3.8) is 0 Å². The number of nitrogens with one attached hydrogen (secondary N) is 2. The number of hydrogen-bond donors (Lipinski definition) is 2. The zero-order chi connectivity index (χ0) is 14.0. The maximum absolute atomic E-state index is 12.5. The molecule has 2 N–H and O–H groups in total. The number of likely N-dealkylation sites (tertiary alicyclic amines) is 1. The fraction of sp³-hybridized carbons (Fsp3) is 0.786. The minimum Gasteiger partial charge on any atom is -0.337 e. The highest BCUT2D eigenvalue weighted by molar-refractivity contribution is 6.39. The Kier molecular flexibility index (Phi) is 3.74. The highest BCUT2D eigenvalue weighted by Gasteiger charge is 2.39. The summed E-state index contributed by atoms with van der Waals surface area (Å²) in [4.78, 5) is 25.5. The second-order valence-corrected chi connectivity index (χ2v) is 6.20. The smallest absolute Gasteiger partial charge is 0.270 e. The minimum absolute atomic E-state index is 0.00893. The summed E-state index contributed by atoms with van der Waals surface area (Å²) in [6.07, 6.45) is 5.49. The van der Waals surface area contributed by atoms with E-state index in [4.69, 9.17) is 0 Å². The van der Waals surface area contributed by atoms with Crippen molar-refractivity contribution >= 4 is 17.5 Å². The third-order valence-corrected chi connectivity index (χ3v) is 4.66. The standard InChI is InChI=1S/C14H22N4O2/c19-12-4-3-11(16-17-12)13(20)18-8-2-6-14(10-18)5-1-7-15-9-14/h15H,1-10H2,(H,17,19). The topological polar surface area (TPSA) is 73.8 Å². The molecule has 1 atom stereocenters. The molecule has 0 aromatic rings. The molecule has 3 aliphatic rings. The molecule has 2 fully saturated rings. The normalized spacial score (nSPS) is 30.9. The Morgan fingerprint density at radius 2 is 2.10 bits per heavy atom. The number of nitrogens with zero attached hydrogens (tertiary/aromatic N) is 2. The Hall–Kier alpha value is -1.43. The number of rotatable bonds is 1. The molecule has 0 aromatic heterocycles. The van der Waals surface area contributed by atoms with Gasteiger partial charge in [-0.3, -0.25) is 9.59 Å². The Bertz CT molecular complexity index is 435. The van der Waals surface area contributed by atoms with Crippen LogP contribution in [0.5, 0.6) is 0 Å². The van der Waals surface area contributed by atoms with Gasteiger partial charge in [-0.05, 0) is 32.2 Å². The van der Waals surface area contributed by atoms with Gasteiger partial charge in [0, 0.05) is 37.9 Å². The van der Waals surface area contributed by atoms with Crippen molar-refractivity contribution < 1.29 is 9.59 Å². The van der Waals surface area contributed by atoms with E-state index in [1.165, 1.54) is 19.3 Å². The van der Waals surface area contributed by atoms with E-state index in [9.17, 15) is 9.59 Å². The molecule has 3 heterocycles. The number of carbonyl (C=O) groups is 2. The summed E-state index contributed by atoms with van der Waals surface area (Å²) in [6.45, 7) is 3.74. The zero-order valence-corrected chi connectivity index (χ0v) is 11.8.